The van der Waals surface area contributed by atoms with E-state index in [9.17, 15) is 5.26 Å². The van der Waals surface area contributed by atoms with E-state index in [1.165, 1.54) is 31.4 Å². The van der Waals surface area contributed by atoms with Crippen molar-refractivity contribution in [3.63, 3.8) is 0 Å². The normalized spacial score (nSPS) is 20.1. The van der Waals surface area contributed by atoms with Gasteiger partial charge in [0.2, 0.25) is 0 Å². The predicted molar refractivity (Wildman–Crippen MR) is 62.4 cm³/mol. The van der Waals surface area contributed by atoms with E-state index in [1.54, 1.807) is 0 Å². The minimum absolute atomic E-state index is 0.238. The van der Waals surface area contributed by atoms with Gasteiger partial charge in [-0.3, -0.25) is 0 Å². The van der Waals surface area contributed by atoms with E-state index in [1.807, 2.05) is 18.8 Å². The van der Waals surface area contributed by atoms with Crippen molar-refractivity contribution < 1.29 is 0 Å². The Balaban J connectivity index is 2.32. The molecule has 1 rings (SSSR count). The molecule has 1 aliphatic rings. The van der Waals surface area contributed by atoms with Crippen LogP contribution in [0.4, 0.5) is 0 Å². The fourth-order valence-corrected chi connectivity index (χ4v) is 3.03. The van der Waals surface area contributed by atoms with Crippen LogP contribution in [0.25, 0.3) is 0 Å². The highest BCUT2D eigenvalue weighted by Gasteiger charge is 2.44. The van der Waals surface area contributed by atoms with Gasteiger partial charge in [-0.25, -0.2) is 0 Å². The predicted octanol–water partition coefficient (Wildman–Crippen LogP) is 2.41. The van der Waals surface area contributed by atoms with E-state index in [4.69, 9.17) is 0 Å². The summed E-state index contributed by atoms with van der Waals surface area (Å²) in [6.45, 7) is 2.21. The van der Waals surface area contributed by atoms with Crippen LogP contribution in [0.3, 0.4) is 0 Å². The third-order valence-electron chi connectivity index (χ3n) is 2.89. The Morgan fingerprint density at radius 2 is 2.29 bits per heavy atom. The van der Waals surface area contributed by atoms with Gasteiger partial charge in [-0.2, -0.15) is 17.0 Å². The van der Waals surface area contributed by atoms with Gasteiger partial charge in [-0.1, -0.05) is 13.3 Å². The van der Waals surface area contributed by atoms with Crippen molar-refractivity contribution in [1.29, 1.82) is 5.26 Å². The molecule has 14 heavy (non-hydrogen) atoms. The van der Waals surface area contributed by atoms with Crippen LogP contribution in [0.1, 0.15) is 32.6 Å². The lowest BCUT2D eigenvalue weighted by molar-refractivity contribution is 0.441. The Bertz CT molecular complexity index is 208. The summed E-state index contributed by atoms with van der Waals surface area (Å²) in [5.74, 6) is 2.74. The van der Waals surface area contributed by atoms with Crippen LogP contribution in [0.15, 0.2) is 0 Å². The number of nitrogens with zero attached hydrogens (tertiary/aromatic N) is 1. The number of hydrogen-bond donors (Lipinski definition) is 1. The topological polar surface area (TPSA) is 35.8 Å². The lowest BCUT2D eigenvalue weighted by atomic mass is 9.98. The average Bonchev–Trinajstić information content (AvgIpc) is 3.03. The Kier molecular flexibility index (Phi) is 4.77. The monoisotopic (exact) mass is 212 g/mol. The molecule has 0 bridgehead atoms. The molecule has 0 aromatic rings. The first-order chi connectivity index (χ1) is 6.79. The molecular formula is C11H20N2S. The van der Waals surface area contributed by atoms with Gasteiger partial charge >= 0.3 is 0 Å². The summed E-state index contributed by atoms with van der Waals surface area (Å²) in [7, 11) is 1.92. The third kappa shape index (κ3) is 2.90. The van der Waals surface area contributed by atoms with Crippen molar-refractivity contribution in [2.75, 3.05) is 18.6 Å². The maximum Gasteiger partial charge on any atom is 0.118 e. The molecule has 2 nitrogen and oxygen atoms in total. The van der Waals surface area contributed by atoms with Crippen LogP contribution in [0, 0.1) is 17.2 Å². The Hall–Kier alpha value is -0.200. The molecule has 1 atom stereocenters. The zero-order valence-electron chi connectivity index (χ0n) is 9.18. The second kappa shape index (κ2) is 5.63. The number of nitriles is 1. The van der Waals surface area contributed by atoms with Crippen molar-refractivity contribution in [3.8, 4) is 6.07 Å². The van der Waals surface area contributed by atoms with Crippen molar-refractivity contribution in [2.45, 2.75) is 38.1 Å². The van der Waals surface area contributed by atoms with Gasteiger partial charge in [0.1, 0.15) is 5.54 Å². The van der Waals surface area contributed by atoms with Gasteiger partial charge in [0, 0.05) is 5.75 Å². The second-order valence-corrected chi connectivity index (χ2v) is 5.12. The van der Waals surface area contributed by atoms with Crippen molar-refractivity contribution in [3.05, 3.63) is 0 Å². The molecule has 0 aromatic carbocycles. The number of nitrogens with one attached hydrogen (secondary N) is 1. The van der Waals surface area contributed by atoms with Gasteiger partial charge < -0.3 is 5.32 Å². The Labute approximate surface area is 91.4 Å². The largest absolute Gasteiger partial charge is 0.302 e. The molecule has 80 valence electrons. The molecule has 3 heteroatoms. The minimum Gasteiger partial charge on any atom is -0.302 e. The van der Waals surface area contributed by atoms with Crippen molar-refractivity contribution >= 4 is 11.8 Å². The summed E-state index contributed by atoms with van der Waals surface area (Å²) in [5, 5.41) is 12.4. The number of rotatable bonds is 7. The molecule has 0 aromatic heterocycles. The van der Waals surface area contributed by atoms with Gasteiger partial charge in [0.25, 0.3) is 0 Å². The molecule has 0 heterocycles. The highest BCUT2D eigenvalue weighted by molar-refractivity contribution is 7.99. The second-order valence-electron chi connectivity index (χ2n) is 4.01. The molecule has 1 aliphatic carbocycles. The van der Waals surface area contributed by atoms with Crippen LogP contribution < -0.4 is 5.32 Å². The lowest BCUT2D eigenvalue weighted by Crippen LogP contribution is -2.46. The first kappa shape index (κ1) is 11.9. The molecule has 0 amide bonds. The van der Waals surface area contributed by atoms with Gasteiger partial charge in [-0.15, -0.1) is 0 Å². The molecule has 0 aliphatic heterocycles. The van der Waals surface area contributed by atoms with E-state index in [2.05, 4.69) is 18.3 Å². The van der Waals surface area contributed by atoms with Gasteiger partial charge in [0.15, 0.2) is 0 Å². The highest BCUT2D eigenvalue weighted by Crippen LogP contribution is 2.40. The molecule has 1 N–H and O–H groups in total. The van der Waals surface area contributed by atoms with Crippen LogP contribution in [-0.2, 0) is 0 Å². The number of thioether (sulfide) groups is 1. The smallest absolute Gasteiger partial charge is 0.118 e. The van der Waals surface area contributed by atoms with Crippen LogP contribution >= 0.6 is 11.8 Å². The Morgan fingerprint density at radius 3 is 2.71 bits per heavy atom. The summed E-state index contributed by atoms with van der Waals surface area (Å²) in [5.41, 5.74) is -0.238. The maximum atomic E-state index is 9.22. The maximum absolute atomic E-state index is 9.22. The zero-order chi connectivity index (χ0) is 10.4. The number of unbranched alkanes of at least 4 members (excludes halogenated alkanes) is 1. The molecule has 1 saturated carbocycles. The van der Waals surface area contributed by atoms with E-state index in [0.29, 0.717) is 5.92 Å². The molecule has 1 unspecified atom stereocenters. The van der Waals surface area contributed by atoms with E-state index in [-0.39, 0.29) is 5.54 Å². The minimum atomic E-state index is -0.238. The fourth-order valence-electron chi connectivity index (χ4n) is 1.63. The first-order valence-corrected chi connectivity index (χ1v) is 6.62. The summed E-state index contributed by atoms with van der Waals surface area (Å²) < 4.78 is 0. The third-order valence-corrected chi connectivity index (χ3v) is 4.13. The standard InChI is InChI=1S/C11H20N2S/c1-3-4-7-14-9-11(8-12,13-2)10-5-6-10/h10,13H,3-7,9H2,1-2H3. The fraction of sp³-hybridized carbons (Fsp3) is 0.909. The summed E-state index contributed by atoms with van der Waals surface area (Å²) in [6.07, 6.45) is 4.96. The van der Waals surface area contributed by atoms with Gasteiger partial charge in [-0.05, 0) is 38.0 Å². The summed E-state index contributed by atoms with van der Waals surface area (Å²) in [4.78, 5) is 0. The average molecular weight is 212 g/mol. The van der Waals surface area contributed by atoms with E-state index in [0.717, 1.165) is 5.75 Å². The van der Waals surface area contributed by atoms with Gasteiger partial charge in [0.05, 0.1) is 6.07 Å². The number of hydrogen-bond acceptors (Lipinski definition) is 3. The molecule has 0 radical (unpaired) electrons. The molecule has 0 spiro atoms. The molecule has 0 saturated heterocycles. The van der Waals surface area contributed by atoms with E-state index < -0.39 is 0 Å². The zero-order valence-corrected chi connectivity index (χ0v) is 9.99. The summed E-state index contributed by atoms with van der Waals surface area (Å²) in [6, 6.07) is 2.47. The lowest BCUT2D eigenvalue weighted by Gasteiger charge is -2.25. The molecular weight excluding hydrogens is 192 g/mol. The SMILES string of the molecule is CCCCSCC(C#N)(NC)C1CC1. The molecule has 1 fully saturated rings. The van der Waals surface area contributed by atoms with Crippen LogP contribution in [0.5, 0.6) is 0 Å². The van der Waals surface area contributed by atoms with E-state index >= 15 is 0 Å². The summed E-state index contributed by atoms with van der Waals surface area (Å²) >= 11 is 1.92. The highest BCUT2D eigenvalue weighted by atomic mass is 32.2. The van der Waals surface area contributed by atoms with Crippen molar-refractivity contribution in [1.82, 2.24) is 5.32 Å². The Morgan fingerprint density at radius 1 is 1.57 bits per heavy atom. The quantitative estimate of drug-likeness (QED) is 0.658. The first-order valence-electron chi connectivity index (χ1n) is 5.47. The van der Waals surface area contributed by atoms with Crippen LogP contribution in [0.2, 0.25) is 0 Å². The van der Waals surface area contributed by atoms with Crippen molar-refractivity contribution in [2.24, 2.45) is 5.92 Å². The van der Waals surface area contributed by atoms with Crippen LogP contribution in [-0.4, -0.2) is 24.1 Å².